The number of nitriles is 1. The molecule has 0 aromatic heterocycles. The molecule has 0 saturated carbocycles. The van der Waals surface area contributed by atoms with E-state index in [1.807, 2.05) is 6.07 Å². The van der Waals surface area contributed by atoms with E-state index < -0.39 is 26.8 Å². The minimum atomic E-state index is -3.99. The first-order chi connectivity index (χ1) is 9.84. The Morgan fingerprint density at radius 1 is 1.48 bits per heavy atom. The van der Waals surface area contributed by atoms with Gasteiger partial charge in [0.15, 0.2) is 0 Å². The van der Waals surface area contributed by atoms with Crippen molar-refractivity contribution in [2.75, 3.05) is 13.6 Å². The molecule has 0 aliphatic rings. The topological polar surface area (TPSA) is 87.2 Å². The summed E-state index contributed by atoms with van der Waals surface area (Å²) in [5.41, 5.74) is 5.57. The third-order valence-electron chi connectivity index (χ3n) is 2.93. The molecule has 112 valence electrons. The van der Waals surface area contributed by atoms with Gasteiger partial charge in [-0.1, -0.05) is 11.8 Å². The Bertz CT molecular complexity index is 714. The molecular weight excluding hydrogens is 293 g/mol. The summed E-state index contributed by atoms with van der Waals surface area (Å²) >= 11 is 0. The highest BCUT2D eigenvalue weighted by Gasteiger charge is 2.28. The summed E-state index contributed by atoms with van der Waals surface area (Å²) in [5, 5.41) is 8.62. The molecule has 0 saturated heterocycles. The van der Waals surface area contributed by atoms with E-state index in [9.17, 15) is 12.8 Å². The molecule has 2 N–H and O–H groups in total. The lowest BCUT2D eigenvalue weighted by Crippen LogP contribution is -2.35. The number of nitrogens with two attached hydrogens (primary N) is 1. The number of halogens is 1. The van der Waals surface area contributed by atoms with E-state index in [0.29, 0.717) is 5.56 Å². The SMILES string of the molecule is CC(CC#N)N(C)S(=O)(=O)c1ccc(C#CCN)cc1F. The van der Waals surface area contributed by atoms with E-state index in [4.69, 9.17) is 11.0 Å². The Hall–Kier alpha value is -1.93. The molecule has 1 rings (SSSR count). The van der Waals surface area contributed by atoms with Crippen molar-refractivity contribution in [3.8, 4) is 17.9 Å². The fourth-order valence-corrected chi connectivity index (χ4v) is 3.00. The minimum Gasteiger partial charge on any atom is -0.320 e. The summed E-state index contributed by atoms with van der Waals surface area (Å²) in [5.74, 6) is 4.31. The standard InChI is InChI=1S/C14H16FN3O2S/c1-11(7-9-17)18(2)21(19,20)14-6-5-12(4-3-8-16)10-13(14)15/h5-6,10-11H,7-8,16H2,1-2H3. The second kappa shape index (κ2) is 7.19. The molecule has 1 aromatic carbocycles. The zero-order chi connectivity index (χ0) is 16.0. The van der Waals surface area contributed by atoms with Crippen molar-refractivity contribution in [3.63, 3.8) is 0 Å². The van der Waals surface area contributed by atoms with Crippen LogP contribution in [0, 0.1) is 29.0 Å². The molecule has 21 heavy (non-hydrogen) atoms. The Kier molecular flexibility index (Phi) is 5.86. The number of hydrogen-bond acceptors (Lipinski definition) is 4. The molecule has 0 radical (unpaired) electrons. The van der Waals surface area contributed by atoms with Crippen molar-refractivity contribution >= 4 is 10.0 Å². The molecule has 0 aliphatic carbocycles. The second-order valence-corrected chi connectivity index (χ2v) is 6.35. The largest absolute Gasteiger partial charge is 0.320 e. The first kappa shape index (κ1) is 17.1. The van der Waals surface area contributed by atoms with Gasteiger partial charge in [0.05, 0.1) is 19.0 Å². The molecule has 5 nitrogen and oxygen atoms in total. The van der Waals surface area contributed by atoms with E-state index in [2.05, 4.69) is 11.8 Å². The van der Waals surface area contributed by atoms with Crippen LogP contribution in [-0.4, -0.2) is 32.4 Å². The van der Waals surface area contributed by atoms with Gasteiger partial charge in [-0.3, -0.25) is 0 Å². The van der Waals surface area contributed by atoms with Crippen LogP contribution in [0.5, 0.6) is 0 Å². The summed E-state index contributed by atoms with van der Waals surface area (Å²) in [4.78, 5) is -0.437. The lowest BCUT2D eigenvalue weighted by Gasteiger charge is -2.22. The van der Waals surface area contributed by atoms with Crippen molar-refractivity contribution in [1.82, 2.24) is 4.31 Å². The molecule has 0 amide bonds. The van der Waals surface area contributed by atoms with E-state index in [1.165, 1.54) is 19.2 Å². The van der Waals surface area contributed by atoms with Gasteiger partial charge in [-0.2, -0.15) is 9.57 Å². The maximum atomic E-state index is 14.0. The van der Waals surface area contributed by atoms with Crippen molar-refractivity contribution < 1.29 is 12.8 Å². The number of hydrogen-bond donors (Lipinski definition) is 1. The molecule has 7 heteroatoms. The summed E-state index contributed by atoms with van der Waals surface area (Å²) in [7, 11) is -2.68. The number of sulfonamides is 1. The van der Waals surface area contributed by atoms with Crippen LogP contribution in [0.25, 0.3) is 0 Å². The van der Waals surface area contributed by atoms with Crippen molar-refractivity contribution in [3.05, 3.63) is 29.6 Å². The smallest absolute Gasteiger partial charge is 0.246 e. The van der Waals surface area contributed by atoms with Crippen LogP contribution in [0.3, 0.4) is 0 Å². The predicted molar refractivity (Wildman–Crippen MR) is 77.0 cm³/mol. The van der Waals surface area contributed by atoms with Gasteiger partial charge in [0, 0.05) is 18.7 Å². The molecule has 0 spiro atoms. The van der Waals surface area contributed by atoms with E-state index in [-0.39, 0.29) is 13.0 Å². The Balaban J connectivity index is 3.18. The lowest BCUT2D eigenvalue weighted by molar-refractivity contribution is 0.390. The second-order valence-electron chi connectivity index (χ2n) is 4.38. The van der Waals surface area contributed by atoms with Gasteiger partial charge in [0.1, 0.15) is 10.7 Å². The van der Waals surface area contributed by atoms with Crippen LogP contribution in [-0.2, 0) is 10.0 Å². The van der Waals surface area contributed by atoms with Crippen molar-refractivity contribution in [1.29, 1.82) is 5.26 Å². The normalized spacial score (nSPS) is 12.4. The minimum absolute atomic E-state index is 0.0252. The van der Waals surface area contributed by atoms with Gasteiger partial charge in [0.2, 0.25) is 10.0 Å². The van der Waals surface area contributed by atoms with Crippen LogP contribution in [0.4, 0.5) is 4.39 Å². The Labute approximate surface area is 124 Å². The molecule has 0 fully saturated rings. The average molecular weight is 309 g/mol. The van der Waals surface area contributed by atoms with Crippen LogP contribution < -0.4 is 5.73 Å². The molecular formula is C14H16FN3O2S. The quantitative estimate of drug-likeness (QED) is 0.842. The summed E-state index contributed by atoms with van der Waals surface area (Å²) in [6.07, 6.45) is 0.0252. The Morgan fingerprint density at radius 3 is 2.67 bits per heavy atom. The Morgan fingerprint density at radius 2 is 2.14 bits per heavy atom. The molecule has 0 bridgehead atoms. The maximum absolute atomic E-state index is 14.0. The van der Waals surface area contributed by atoms with E-state index in [1.54, 1.807) is 6.92 Å². The van der Waals surface area contributed by atoms with Crippen molar-refractivity contribution in [2.24, 2.45) is 5.73 Å². The third kappa shape index (κ3) is 4.02. The first-order valence-electron chi connectivity index (χ1n) is 6.18. The summed E-state index contributed by atoms with van der Waals surface area (Å²) in [6.45, 7) is 1.72. The van der Waals surface area contributed by atoms with Crippen LogP contribution in [0.2, 0.25) is 0 Å². The zero-order valence-electron chi connectivity index (χ0n) is 11.8. The van der Waals surface area contributed by atoms with Gasteiger partial charge >= 0.3 is 0 Å². The number of nitrogens with zero attached hydrogens (tertiary/aromatic N) is 2. The van der Waals surface area contributed by atoms with E-state index in [0.717, 1.165) is 10.4 Å². The molecule has 0 heterocycles. The lowest BCUT2D eigenvalue weighted by atomic mass is 10.2. The average Bonchev–Trinajstić information content (AvgIpc) is 2.44. The summed E-state index contributed by atoms with van der Waals surface area (Å²) < 4.78 is 39.6. The number of benzene rings is 1. The van der Waals surface area contributed by atoms with E-state index >= 15 is 0 Å². The predicted octanol–water partition coefficient (Wildman–Crippen LogP) is 1.06. The van der Waals surface area contributed by atoms with Gasteiger partial charge < -0.3 is 5.73 Å². The van der Waals surface area contributed by atoms with Crippen LogP contribution in [0.1, 0.15) is 18.9 Å². The maximum Gasteiger partial charge on any atom is 0.246 e. The molecule has 0 aliphatic heterocycles. The van der Waals surface area contributed by atoms with Crippen molar-refractivity contribution in [2.45, 2.75) is 24.3 Å². The third-order valence-corrected chi connectivity index (χ3v) is 4.94. The highest BCUT2D eigenvalue weighted by atomic mass is 32.2. The van der Waals surface area contributed by atoms with Gasteiger partial charge in [-0.25, -0.2) is 12.8 Å². The monoisotopic (exact) mass is 309 g/mol. The highest BCUT2D eigenvalue weighted by molar-refractivity contribution is 7.89. The highest BCUT2D eigenvalue weighted by Crippen LogP contribution is 2.21. The fourth-order valence-electron chi connectivity index (χ4n) is 1.59. The van der Waals surface area contributed by atoms with Gasteiger partial charge in [0.25, 0.3) is 0 Å². The first-order valence-corrected chi connectivity index (χ1v) is 7.62. The summed E-state index contributed by atoms with van der Waals surface area (Å²) in [6, 6.07) is 4.98. The fraction of sp³-hybridized carbons (Fsp3) is 0.357. The van der Waals surface area contributed by atoms with Gasteiger partial charge in [-0.15, -0.1) is 0 Å². The van der Waals surface area contributed by atoms with Gasteiger partial charge in [-0.05, 0) is 25.1 Å². The molecule has 1 atom stereocenters. The van der Waals surface area contributed by atoms with Crippen LogP contribution in [0.15, 0.2) is 23.1 Å². The molecule has 1 unspecified atom stereocenters. The van der Waals surface area contributed by atoms with Crippen LogP contribution >= 0.6 is 0 Å². The zero-order valence-corrected chi connectivity index (χ0v) is 12.6. The molecule has 1 aromatic rings. The number of rotatable bonds is 4.